The molecular weight excluding hydrogens is 256 g/mol. The molecule has 16 heavy (non-hydrogen) atoms. The van der Waals surface area contributed by atoms with Crippen LogP contribution in [-0.2, 0) is 9.47 Å². The van der Waals surface area contributed by atoms with Crippen LogP contribution >= 0.6 is 0 Å². The van der Waals surface area contributed by atoms with E-state index in [0.717, 1.165) is 0 Å². The van der Waals surface area contributed by atoms with Crippen LogP contribution < -0.4 is 0 Å². The third kappa shape index (κ3) is 1.83. The monoisotopic (exact) mass is 260 g/mol. The van der Waals surface area contributed by atoms with Crippen LogP contribution in [0.4, 0.5) is 35.1 Å². The lowest BCUT2D eigenvalue weighted by molar-refractivity contribution is -0.421. The lowest BCUT2D eigenvalue weighted by Gasteiger charge is -2.24. The lowest BCUT2D eigenvalue weighted by atomic mass is 10.3. The molecule has 0 spiro atoms. The van der Waals surface area contributed by atoms with Crippen LogP contribution in [0.1, 0.15) is 6.92 Å². The van der Waals surface area contributed by atoms with Crippen LogP contribution in [0.3, 0.4) is 0 Å². The average molecular weight is 260 g/mol. The molecule has 0 amide bonds. The zero-order valence-corrected chi connectivity index (χ0v) is 7.42. The Kier molecular flexibility index (Phi) is 2.67. The molecule has 2 nitrogen and oxygen atoms in total. The first kappa shape index (κ1) is 13.4. The summed E-state index contributed by atoms with van der Waals surface area (Å²) in [7, 11) is 0. The predicted octanol–water partition coefficient (Wildman–Crippen LogP) is 2.84. The van der Waals surface area contributed by atoms with Gasteiger partial charge in [-0.2, -0.15) is 30.7 Å². The molecule has 2 atom stereocenters. The van der Waals surface area contributed by atoms with Gasteiger partial charge in [-0.25, -0.2) is 9.13 Å². The fourth-order valence-electron chi connectivity index (χ4n) is 0.698. The Hall–Kier alpha value is -0.640. The smallest absolute Gasteiger partial charge is 0.263 e. The molecule has 1 fully saturated rings. The zero-order valence-electron chi connectivity index (χ0n) is 7.42. The Morgan fingerprint density at radius 3 is 1.75 bits per heavy atom. The van der Waals surface area contributed by atoms with Crippen LogP contribution in [0.5, 0.6) is 0 Å². The van der Waals surface area contributed by atoms with E-state index in [1.54, 1.807) is 0 Å². The van der Waals surface area contributed by atoms with E-state index in [4.69, 9.17) is 0 Å². The number of hydrogen-bond donors (Lipinski definition) is 0. The third-order valence-corrected chi connectivity index (χ3v) is 1.70. The van der Waals surface area contributed by atoms with Gasteiger partial charge in [0.2, 0.25) is 0 Å². The van der Waals surface area contributed by atoms with Crippen molar-refractivity contribution in [2.45, 2.75) is 37.3 Å². The minimum atomic E-state index is -5.68. The van der Waals surface area contributed by atoms with Gasteiger partial charge < -0.3 is 0 Å². The van der Waals surface area contributed by atoms with Gasteiger partial charge in [-0.1, -0.05) is 0 Å². The highest BCUT2D eigenvalue weighted by molar-refractivity contribution is 5.00. The maximum atomic E-state index is 12.5. The van der Waals surface area contributed by atoms with Gasteiger partial charge >= 0.3 is 24.2 Å². The Bertz CT molecular complexity index is 290. The van der Waals surface area contributed by atoms with Crippen molar-refractivity contribution in [3.05, 3.63) is 0 Å². The first-order valence-corrected chi connectivity index (χ1v) is 3.72. The van der Waals surface area contributed by atoms with E-state index in [1.807, 2.05) is 0 Å². The van der Waals surface area contributed by atoms with Gasteiger partial charge in [-0.3, -0.25) is 4.74 Å². The third-order valence-electron chi connectivity index (χ3n) is 1.70. The Labute approximate surface area is 83.1 Å². The molecule has 0 aliphatic carbocycles. The number of epoxide rings is 1. The summed E-state index contributed by atoms with van der Waals surface area (Å²) in [4.78, 5) is 0. The second kappa shape index (κ2) is 3.19. The fraction of sp³-hybridized carbons (Fsp3) is 1.00. The molecule has 1 heterocycles. The largest absolute Gasteiger partial charge is 0.428 e. The topological polar surface area (TPSA) is 21.8 Å². The van der Waals surface area contributed by atoms with Gasteiger partial charge in [-0.05, 0) is 6.92 Å². The van der Waals surface area contributed by atoms with E-state index in [-0.39, 0.29) is 6.92 Å². The number of rotatable bonds is 4. The molecule has 1 aliphatic heterocycles. The molecular formula is C6H4F8O2. The van der Waals surface area contributed by atoms with Crippen LogP contribution in [-0.4, -0.2) is 30.4 Å². The number of hydrogen-bond acceptors (Lipinski definition) is 2. The summed E-state index contributed by atoms with van der Waals surface area (Å²) in [5.74, 6) is -5.00. The van der Waals surface area contributed by atoms with Crippen molar-refractivity contribution in [3.8, 4) is 0 Å². The second-order valence-electron chi connectivity index (χ2n) is 3.01. The highest BCUT2D eigenvalue weighted by Crippen LogP contribution is 2.61. The Morgan fingerprint density at radius 2 is 1.50 bits per heavy atom. The van der Waals surface area contributed by atoms with Gasteiger partial charge in [-0.15, -0.1) is 0 Å². The van der Waals surface area contributed by atoms with Crippen molar-refractivity contribution in [2.75, 3.05) is 0 Å². The van der Waals surface area contributed by atoms with Crippen molar-refractivity contribution in [3.63, 3.8) is 0 Å². The van der Waals surface area contributed by atoms with Gasteiger partial charge in [0.15, 0.2) is 6.17 Å². The van der Waals surface area contributed by atoms with Crippen molar-refractivity contribution in [1.29, 1.82) is 0 Å². The first-order chi connectivity index (χ1) is 6.86. The number of halogens is 8. The standard InChI is InChI=1S/C6H4F8O2/c1-2(7)3(8,9)15-5(11,12)4(10)6(13,14)16-4/h2H,1H3. The molecule has 2 unspecified atom stereocenters. The maximum Gasteiger partial charge on any atom is 0.428 e. The Balaban J connectivity index is 2.82. The minimum absolute atomic E-state index is 0.132. The van der Waals surface area contributed by atoms with Crippen LogP contribution in [0.25, 0.3) is 0 Å². The zero-order chi connectivity index (χ0) is 13.0. The summed E-state index contributed by atoms with van der Waals surface area (Å²) in [5, 5.41) is 0. The Morgan fingerprint density at radius 1 is 1.12 bits per heavy atom. The molecule has 0 aromatic carbocycles. The quantitative estimate of drug-likeness (QED) is 0.572. The lowest BCUT2D eigenvalue weighted by Crippen LogP contribution is -2.47. The van der Waals surface area contributed by atoms with Gasteiger partial charge in [0.25, 0.3) is 0 Å². The molecule has 0 aromatic heterocycles. The summed E-state index contributed by atoms with van der Waals surface area (Å²) in [6.07, 6.45) is -19.0. The van der Waals surface area contributed by atoms with Crippen molar-refractivity contribution < 1.29 is 44.6 Å². The molecule has 0 bridgehead atoms. The first-order valence-electron chi connectivity index (χ1n) is 3.72. The van der Waals surface area contributed by atoms with Crippen LogP contribution in [0.15, 0.2) is 0 Å². The summed E-state index contributed by atoms with van der Waals surface area (Å²) >= 11 is 0. The fourth-order valence-corrected chi connectivity index (χ4v) is 0.698. The molecule has 0 N–H and O–H groups in total. The van der Waals surface area contributed by atoms with Crippen molar-refractivity contribution in [2.24, 2.45) is 0 Å². The van der Waals surface area contributed by atoms with Crippen LogP contribution in [0, 0.1) is 0 Å². The summed E-state index contributed by atoms with van der Waals surface area (Å²) < 4.78 is 103. The molecule has 10 heteroatoms. The van der Waals surface area contributed by atoms with Crippen LogP contribution in [0.2, 0.25) is 0 Å². The van der Waals surface area contributed by atoms with Gasteiger partial charge in [0, 0.05) is 0 Å². The molecule has 1 rings (SSSR count). The van der Waals surface area contributed by atoms with Crippen molar-refractivity contribution in [1.82, 2.24) is 0 Å². The van der Waals surface area contributed by atoms with E-state index in [9.17, 15) is 35.1 Å². The number of ether oxygens (including phenoxy) is 2. The molecule has 1 aliphatic rings. The van der Waals surface area contributed by atoms with Crippen molar-refractivity contribution >= 4 is 0 Å². The van der Waals surface area contributed by atoms with E-state index in [2.05, 4.69) is 9.47 Å². The summed E-state index contributed by atoms with van der Waals surface area (Å²) in [6.45, 7) is 0.132. The molecule has 0 saturated carbocycles. The normalized spacial score (nSPS) is 31.3. The minimum Gasteiger partial charge on any atom is -0.263 e. The molecule has 1 saturated heterocycles. The SMILES string of the molecule is CC(F)C(F)(F)OC(F)(F)C1(F)OC1(F)F. The molecule has 0 radical (unpaired) electrons. The average Bonchev–Trinajstić information content (AvgIpc) is 2.50. The predicted molar refractivity (Wildman–Crippen MR) is 31.4 cm³/mol. The van der Waals surface area contributed by atoms with E-state index in [1.165, 1.54) is 0 Å². The van der Waals surface area contributed by atoms with E-state index >= 15 is 0 Å². The summed E-state index contributed by atoms with van der Waals surface area (Å²) in [6, 6.07) is 0. The maximum absolute atomic E-state index is 12.5. The molecule has 96 valence electrons. The van der Waals surface area contributed by atoms with E-state index < -0.39 is 30.4 Å². The van der Waals surface area contributed by atoms with E-state index in [0.29, 0.717) is 0 Å². The summed E-state index contributed by atoms with van der Waals surface area (Å²) in [5.41, 5.74) is 0. The van der Waals surface area contributed by atoms with Gasteiger partial charge in [0.05, 0.1) is 0 Å². The highest BCUT2D eigenvalue weighted by atomic mass is 19.3. The highest BCUT2D eigenvalue weighted by Gasteiger charge is 2.90. The molecule has 0 aromatic rings. The second-order valence-corrected chi connectivity index (χ2v) is 3.01. The van der Waals surface area contributed by atoms with Gasteiger partial charge in [0.1, 0.15) is 0 Å². The number of alkyl halides is 8.